The van der Waals surface area contributed by atoms with E-state index in [2.05, 4.69) is 10.3 Å². The average molecular weight is 468 g/mol. The van der Waals surface area contributed by atoms with Crippen LogP contribution in [0, 0.1) is 5.82 Å². The van der Waals surface area contributed by atoms with Crippen molar-refractivity contribution in [2.24, 2.45) is 0 Å². The molecular formula is C24H19ClFN3O2S. The van der Waals surface area contributed by atoms with Crippen molar-refractivity contribution >= 4 is 40.2 Å². The van der Waals surface area contributed by atoms with Crippen molar-refractivity contribution in [3.8, 4) is 5.69 Å². The third-order valence-corrected chi connectivity index (χ3v) is 6.11. The molecule has 0 bridgehead atoms. The van der Waals surface area contributed by atoms with Crippen LogP contribution in [-0.2, 0) is 4.79 Å². The standard InChI is InChI=1S/C24H19ClFN3O2S/c1-15(16-10-12-17(25)13-11-16)27-22(30)14-32-24-28-20-8-4-2-6-18(20)23(31)29(24)21-9-5-3-7-19(21)26/h2-13,15H,14H2,1H3,(H,27,30). The highest BCUT2D eigenvalue weighted by atomic mass is 35.5. The molecule has 0 radical (unpaired) electrons. The van der Waals surface area contributed by atoms with Crippen molar-refractivity contribution in [3.05, 3.63) is 99.6 Å². The number of hydrogen-bond donors (Lipinski definition) is 1. The number of carbonyl (C=O) groups is 1. The highest BCUT2D eigenvalue weighted by molar-refractivity contribution is 7.99. The van der Waals surface area contributed by atoms with E-state index in [9.17, 15) is 14.0 Å². The molecular weight excluding hydrogens is 449 g/mol. The molecule has 32 heavy (non-hydrogen) atoms. The summed E-state index contributed by atoms with van der Waals surface area (Å²) < 4.78 is 15.8. The molecule has 0 fully saturated rings. The zero-order valence-electron chi connectivity index (χ0n) is 17.1. The van der Waals surface area contributed by atoms with Gasteiger partial charge in [-0.2, -0.15) is 0 Å². The van der Waals surface area contributed by atoms with Crippen LogP contribution < -0.4 is 10.9 Å². The molecule has 0 aliphatic rings. The molecule has 4 rings (SSSR count). The van der Waals surface area contributed by atoms with Gasteiger partial charge in [0.1, 0.15) is 5.82 Å². The number of nitrogens with zero attached hydrogens (tertiary/aromatic N) is 2. The fraction of sp³-hybridized carbons (Fsp3) is 0.125. The van der Waals surface area contributed by atoms with Gasteiger partial charge in [0.2, 0.25) is 5.91 Å². The Morgan fingerprint density at radius 2 is 1.78 bits per heavy atom. The molecule has 0 spiro atoms. The van der Waals surface area contributed by atoms with Crippen molar-refractivity contribution in [2.75, 3.05) is 5.75 Å². The predicted octanol–water partition coefficient (Wildman–Crippen LogP) is 5.15. The molecule has 0 aliphatic heterocycles. The summed E-state index contributed by atoms with van der Waals surface area (Å²) in [5.41, 5.74) is 1.11. The second-order valence-corrected chi connectivity index (χ2v) is 8.51. The molecule has 1 amide bonds. The summed E-state index contributed by atoms with van der Waals surface area (Å²) in [6, 6.07) is 19.9. The molecule has 8 heteroatoms. The van der Waals surface area contributed by atoms with Gasteiger partial charge < -0.3 is 5.32 Å². The fourth-order valence-electron chi connectivity index (χ4n) is 3.30. The van der Waals surface area contributed by atoms with E-state index in [1.165, 1.54) is 16.7 Å². The van der Waals surface area contributed by atoms with Gasteiger partial charge in [-0.15, -0.1) is 0 Å². The lowest BCUT2D eigenvalue weighted by Crippen LogP contribution is -2.29. The van der Waals surface area contributed by atoms with Gasteiger partial charge in [0, 0.05) is 5.02 Å². The molecule has 4 aromatic rings. The van der Waals surface area contributed by atoms with Gasteiger partial charge in [-0.05, 0) is 48.9 Å². The number of nitrogens with one attached hydrogen (secondary N) is 1. The number of rotatable bonds is 6. The quantitative estimate of drug-likeness (QED) is 0.315. The number of carbonyl (C=O) groups excluding carboxylic acids is 1. The second-order valence-electron chi connectivity index (χ2n) is 7.13. The maximum atomic E-state index is 14.5. The first kappa shape index (κ1) is 22.0. The lowest BCUT2D eigenvalue weighted by molar-refractivity contribution is -0.119. The van der Waals surface area contributed by atoms with Crippen LogP contribution in [0.4, 0.5) is 4.39 Å². The number of thioether (sulfide) groups is 1. The van der Waals surface area contributed by atoms with Gasteiger partial charge >= 0.3 is 0 Å². The SMILES string of the molecule is CC(NC(=O)CSc1nc2ccccc2c(=O)n1-c1ccccc1F)c1ccc(Cl)cc1. The van der Waals surface area contributed by atoms with Crippen LogP contribution in [0.25, 0.3) is 16.6 Å². The summed E-state index contributed by atoms with van der Waals surface area (Å²) in [5.74, 6) is -0.772. The highest BCUT2D eigenvalue weighted by Crippen LogP contribution is 2.23. The Bertz CT molecular complexity index is 1340. The molecule has 0 aliphatic carbocycles. The van der Waals surface area contributed by atoms with E-state index in [4.69, 9.17) is 11.6 Å². The monoisotopic (exact) mass is 467 g/mol. The van der Waals surface area contributed by atoms with Crippen LogP contribution in [-0.4, -0.2) is 21.2 Å². The molecule has 0 saturated carbocycles. The van der Waals surface area contributed by atoms with E-state index in [1.54, 1.807) is 48.5 Å². The first-order valence-corrected chi connectivity index (χ1v) is 11.2. The number of hydrogen-bond acceptors (Lipinski definition) is 4. The van der Waals surface area contributed by atoms with Crippen molar-refractivity contribution in [1.29, 1.82) is 0 Å². The lowest BCUT2D eigenvalue weighted by Gasteiger charge is -2.16. The van der Waals surface area contributed by atoms with Crippen molar-refractivity contribution in [1.82, 2.24) is 14.9 Å². The van der Waals surface area contributed by atoms with Crippen LogP contribution in [0.5, 0.6) is 0 Å². The van der Waals surface area contributed by atoms with Gasteiger partial charge in [-0.1, -0.05) is 59.8 Å². The summed E-state index contributed by atoms with van der Waals surface area (Å²) in [5, 5.41) is 4.16. The Kier molecular flexibility index (Phi) is 6.58. The van der Waals surface area contributed by atoms with Crippen molar-refractivity contribution < 1.29 is 9.18 Å². The van der Waals surface area contributed by atoms with Gasteiger partial charge in [0.25, 0.3) is 5.56 Å². The smallest absolute Gasteiger partial charge is 0.266 e. The molecule has 1 unspecified atom stereocenters. The molecule has 1 atom stereocenters. The Balaban J connectivity index is 1.61. The van der Waals surface area contributed by atoms with Gasteiger partial charge in [-0.3, -0.25) is 14.2 Å². The Morgan fingerprint density at radius 3 is 2.53 bits per heavy atom. The van der Waals surface area contributed by atoms with Crippen LogP contribution in [0.2, 0.25) is 5.02 Å². The molecule has 5 nitrogen and oxygen atoms in total. The molecule has 1 heterocycles. The topological polar surface area (TPSA) is 64.0 Å². The number of amides is 1. The normalized spacial score (nSPS) is 12.0. The van der Waals surface area contributed by atoms with E-state index in [-0.39, 0.29) is 28.5 Å². The first-order chi connectivity index (χ1) is 15.4. The Hall–Kier alpha value is -3.16. The summed E-state index contributed by atoms with van der Waals surface area (Å²) in [7, 11) is 0. The van der Waals surface area contributed by atoms with Gasteiger partial charge in [0.05, 0.1) is 28.4 Å². The number of halogens is 2. The fourth-order valence-corrected chi connectivity index (χ4v) is 4.25. The zero-order chi connectivity index (χ0) is 22.7. The molecule has 162 valence electrons. The lowest BCUT2D eigenvalue weighted by atomic mass is 10.1. The van der Waals surface area contributed by atoms with Crippen LogP contribution in [0.3, 0.4) is 0 Å². The second kappa shape index (κ2) is 9.54. The summed E-state index contributed by atoms with van der Waals surface area (Å²) in [6.45, 7) is 1.87. The summed E-state index contributed by atoms with van der Waals surface area (Å²) in [6.07, 6.45) is 0. The summed E-state index contributed by atoms with van der Waals surface area (Å²) in [4.78, 5) is 30.3. The minimum absolute atomic E-state index is 0.0111. The molecule has 1 N–H and O–H groups in total. The van der Waals surface area contributed by atoms with Gasteiger partial charge in [0.15, 0.2) is 5.16 Å². The van der Waals surface area contributed by atoms with Crippen LogP contribution >= 0.6 is 23.4 Å². The van der Waals surface area contributed by atoms with Crippen LogP contribution in [0.15, 0.2) is 82.7 Å². The number of para-hydroxylation sites is 2. The maximum Gasteiger partial charge on any atom is 0.266 e. The van der Waals surface area contributed by atoms with Crippen molar-refractivity contribution in [2.45, 2.75) is 18.1 Å². The zero-order valence-corrected chi connectivity index (χ0v) is 18.7. The Labute approximate surface area is 193 Å². The minimum Gasteiger partial charge on any atom is -0.349 e. The summed E-state index contributed by atoms with van der Waals surface area (Å²) >= 11 is 7.00. The average Bonchev–Trinajstić information content (AvgIpc) is 2.79. The largest absolute Gasteiger partial charge is 0.349 e. The molecule has 3 aromatic carbocycles. The van der Waals surface area contributed by atoms with Gasteiger partial charge in [-0.25, -0.2) is 9.37 Å². The Morgan fingerprint density at radius 1 is 1.09 bits per heavy atom. The van der Waals surface area contributed by atoms with Crippen LogP contribution in [0.1, 0.15) is 18.5 Å². The maximum absolute atomic E-state index is 14.5. The first-order valence-electron chi connectivity index (χ1n) is 9.88. The number of aromatic nitrogens is 2. The third-order valence-electron chi connectivity index (χ3n) is 4.92. The van der Waals surface area contributed by atoms with E-state index in [1.807, 2.05) is 19.1 Å². The number of fused-ring (bicyclic) bond motifs is 1. The van der Waals surface area contributed by atoms with Crippen molar-refractivity contribution in [3.63, 3.8) is 0 Å². The predicted molar refractivity (Wildman–Crippen MR) is 126 cm³/mol. The van der Waals surface area contributed by atoms with E-state index in [0.717, 1.165) is 17.3 Å². The highest BCUT2D eigenvalue weighted by Gasteiger charge is 2.17. The minimum atomic E-state index is -0.547. The van der Waals surface area contributed by atoms with E-state index >= 15 is 0 Å². The van der Waals surface area contributed by atoms with E-state index < -0.39 is 11.4 Å². The molecule has 1 aromatic heterocycles. The molecule has 0 saturated heterocycles. The van der Waals surface area contributed by atoms with E-state index in [0.29, 0.717) is 15.9 Å². The third kappa shape index (κ3) is 4.69. The number of benzene rings is 3.